The van der Waals surface area contributed by atoms with Gasteiger partial charge in [-0.3, -0.25) is 0 Å². The quantitative estimate of drug-likeness (QED) is 0.239. The maximum atomic E-state index is 11.1. The Morgan fingerprint density at radius 1 is 1.00 bits per heavy atom. The van der Waals surface area contributed by atoms with Crippen molar-refractivity contribution >= 4 is 5.78 Å². The molecule has 1 aromatic carbocycles. The maximum Gasteiger partial charge on any atom is 0.130 e. The van der Waals surface area contributed by atoms with Crippen LogP contribution in [0.3, 0.4) is 0 Å². The van der Waals surface area contributed by atoms with Crippen LogP contribution in [0.2, 0.25) is 0 Å². The van der Waals surface area contributed by atoms with E-state index < -0.39 is 0 Å². The largest absolute Gasteiger partial charge is 0.490 e. The Kier molecular flexibility index (Phi) is 12.3. The number of carbonyl (C=O) groups excluding carboxylic acids is 1. The van der Waals surface area contributed by atoms with Gasteiger partial charge in [0.2, 0.25) is 0 Å². The van der Waals surface area contributed by atoms with Crippen LogP contribution in [0.4, 0.5) is 0 Å². The molecule has 0 bridgehead atoms. The van der Waals surface area contributed by atoms with Gasteiger partial charge in [0.15, 0.2) is 0 Å². The monoisotopic (exact) mass is 356 g/mol. The Balaban J connectivity index is 2.29. The first-order valence-electron chi connectivity index (χ1n) is 10.1. The summed E-state index contributed by atoms with van der Waals surface area (Å²) in [5.41, 5.74) is 1.18. The van der Waals surface area contributed by atoms with Gasteiger partial charge in [0, 0.05) is 12.8 Å². The number of carbonyl (C=O) groups is 1. The van der Waals surface area contributed by atoms with Crippen molar-refractivity contribution in [2.45, 2.75) is 83.7 Å². The van der Waals surface area contributed by atoms with Gasteiger partial charge in [0.1, 0.15) is 17.6 Å². The first-order valence-corrected chi connectivity index (χ1v) is 10.1. The average Bonchev–Trinajstić information content (AvgIpc) is 2.63. The van der Waals surface area contributed by atoms with Crippen LogP contribution in [0.15, 0.2) is 49.6 Å². The smallest absolute Gasteiger partial charge is 0.130 e. The van der Waals surface area contributed by atoms with E-state index >= 15 is 0 Å². The number of unbranched alkanes of at least 4 members (excludes halogenated alkanes) is 6. The molecule has 0 saturated carbocycles. The minimum atomic E-state index is 0.205. The summed E-state index contributed by atoms with van der Waals surface area (Å²) in [5, 5.41) is 0. The van der Waals surface area contributed by atoms with Crippen molar-refractivity contribution in [1.82, 2.24) is 0 Å². The molecule has 1 aromatic rings. The van der Waals surface area contributed by atoms with Gasteiger partial charge in [0.05, 0.1) is 0 Å². The molecular weight excluding hydrogens is 320 g/mol. The highest BCUT2D eigenvalue weighted by molar-refractivity contribution is 5.75. The van der Waals surface area contributed by atoms with E-state index in [1.54, 1.807) is 6.92 Å². The van der Waals surface area contributed by atoms with Gasteiger partial charge in [-0.25, -0.2) is 0 Å². The summed E-state index contributed by atoms with van der Waals surface area (Å²) in [6.07, 6.45) is 16.4. The van der Waals surface area contributed by atoms with Crippen molar-refractivity contribution in [3.8, 4) is 5.75 Å². The Hall–Kier alpha value is -1.83. The lowest BCUT2D eigenvalue weighted by Gasteiger charge is -2.18. The van der Waals surface area contributed by atoms with Gasteiger partial charge in [-0.15, -0.1) is 13.2 Å². The van der Waals surface area contributed by atoms with Gasteiger partial charge >= 0.3 is 0 Å². The van der Waals surface area contributed by atoms with E-state index in [0.29, 0.717) is 6.42 Å². The highest BCUT2D eigenvalue weighted by atomic mass is 16.5. The zero-order chi connectivity index (χ0) is 19.0. The fourth-order valence-corrected chi connectivity index (χ4v) is 3.03. The Labute approximate surface area is 160 Å². The third kappa shape index (κ3) is 10.9. The summed E-state index contributed by atoms with van der Waals surface area (Å²) in [7, 11) is 0. The number of allylic oxidation sites excluding steroid dienone is 1. The Morgan fingerprint density at radius 3 is 2.27 bits per heavy atom. The lowest BCUT2D eigenvalue weighted by molar-refractivity contribution is -0.116. The minimum absolute atomic E-state index is 0.205. The van der Waals surface area contributed by atoms with Crippen molar-refractivity contribution in [3.63, 3.8) is 0 Å². The molecule has 144 valence electrons. The normalized spacial score (nSPS) is 11.7. The predicted molar refractivity (Wildman–Crippen MR) is 112 cm³/mol. The molecule has 0 spiro atoms. The van der Waals surface area contributed by atoms with Gasteiger partial charge < -0.3 is 9.53 Å². The molecule has 0 N–H and O–H groups in total. The fraction of sp³-hybridized carbons (Fsp3) is 0.542. The van der Waals surface area contributed by atoms with Crippen molar-refractivity contribution < 1.29 is 9.53 Å². The number of ketones is 1. The van der Waals surface area contributed by atoms with Crippen LogP contribution in [0.5, 0.6) is 5.75 Å². The number of benzene rings is 1. The minimum Gasteiger partial charge on any atom is -0.490 e. The summed E-state index contributed by atoms with van der Waals surface area (Å²) < 4.78 is 6.15. The van der Waals surface area contributed by atoms with E-state index in [1.807, 2.05) is 24.3 Å². The molecule has 0 aliphatic rings. The molecule has 2 nitrogen and oxygen atoms in total. The second-order valence-corrected chi connectivity index (χ2v) is 7.10. The van der Waals surface area contributed by atoms with Crippen LogP contribution in [0.1, 0.15) is 76.7 Å². The third-order valence-electron chi connectivity index (χ3n) is 4.61. The van der Waals surface area contributed by atoms with Crippen molar-refractivity contribution in [2.75, 3.05) is 0 Å². The first kappa shape index (κ1) is 22.2. The number of ether oxygens (including phenoxy) is 1. The summed E-state index contributed by atoms with van der Waals surface area (Å²) >= 11 is 0. The fourth-order valence-electron chi connectivity index (χ4n) is 3.03. The lowest BCUT2D eigenvalue weighted by atomic mass is 10.0. The number of hydrogen-bond donors (Lipinski definition) is 0. The molecule has 1 rings (SSSR count). The summed E-state index contributed by atoms with van der Waals surface area (Å²) in [5.74, 6) is 1.14. The summed E-state index contributed by atoms with van der Waals surface area (Å²) in [4.78, 5) is 11.1. The van der Waals surface area contributed by atoms with Crippen molar-refractivity contribution in [3.05, 3.63) is 55.1 Å². The molecule has 1 atom stereocenters. The number of aryl methyl sites for hydroxylation is 1. The van der Waals surface area contributed by atoms with Crippen LogP contribution < -0.4 is 4.74 Å². The molecule has 2 heteroatoms. The number of rotatable bonds is 16. The first-order chi connectivity index (χ1) is 12.7. The molecule has 26 heavy (non-hydrogen) atoms. The predicted octanol–water partition coefficient (Wildman–Crippen LogP) is 6.84. The summed E-state index contributed by atoms with van der Waals surface area (Å²) in [6, 6.07) is 8.16. The standard InChI is InChI=1S/C24H36O2/c1-4-6-7-8-9-10-11-12-14-23(13-5-2)26-24-19-17-22(18-20-24)16-15-21(3)25/h4-5,17-20,23H,1-2,6-16H2,3H3. The number of hydrogen-bond acceptors (Lipinski definition) is 2. The number of Topliss-reactive ketones (excluding diaryl/α,β-unsaturated/α-hetero) is 1. The molecule has 0 heterocycles. The van der Waals surface area contributed by atoms with Crippen molar-refractivity contribution in [2.24, 2.45) is 0 Å². The summed E-state index contributed by atoms with van der Waals surface area (Å²) in [6.45, 7) is 9.27. The lowest BCUT2D eigenvalue weighted by Crippen LogP contribution is -2.15. The highest BCUT2D eigenvalue weighted by Gasteiger charge is 2.09. The Morgan fingerprint density at radius 2 is 1.65 bits per heavy atom. The van der Waals surface area contributed by atoms with E-state index in [4.69, 9.17) is 4.74 Å². The van der Waals surface area contributed by atoms with E-state index in [1.165, 1.54) is 44.1 Å². The van der Waals surface area contributed by atoms with Gasteiger partial charge in [-0.1, -0.05) is 50.0 Å². The second kappa shape index (κ2) is 14.4. The SMILES string of the molecule is C=CCCCCCCCCC(CC=C)Oc1ccc(CCC(C)=O)cc1. The molecule has 0 aliphatic heterocycles. The van der Waals surface area contributed by atoms with E-state index in [9.17, 15) is 4.79 Å². The molecule has 0 radical (unpaired) electrons. The van der Waals surface area contributed by atoms with E-state index in [-0.39, 0.29) is 11.9 Å². The van der Waals surface area contributed by atoms with Crippen LogP contribution >= 0.6 is 0 Å². The van der Waals surface area contributed by atoms with Crippen LogP contribution in [-0.4, -0.2) is 11.9 Å². The Bertz CT molecular complexity index is 516. The van der Waals surface area contributed by atoms with Gasteiger partial charge in [-0.05, 0) is 56.7 Å². The highest BCUT2D eigenvalue weighted by Crippen LogP contribution is 2.19. The van der Waals surface area contributed by atoms with E-state index in [0.717, 1.165) is 31.4 Å². The topological polar surface area (TPSA) is 26.3 Å². The molecule has 1 unspecified atom stereocenters. The maximum absolute atomic E-state index is 11.1. The second-order valence-electron chi connectivity index (χ2n) is 7.10. The van der Waals surface area contributed by atoms with Crippen molar-refractivity contribution in [1.29, 1.82) is 0 Å². The zero-order valence-electron chi connectivity index (χ0n) is 16.6. The molecular formula is C24H36O2. The third-order valence-corrected chi connectivity index (χ3v) is 4.61. The average molecular weight is 357 g/mol. The zero-order valence-corrected chi connectivity index (χ0v) is 16.6. The van der Waals surface area contributed by atoms with E-state index in [2.05, 4.69) is 25.3 Å². The molecule has 0 amide bonds. The molecule has 0 aromatic heterocycles. The molecule has 0 fully saturated rings. The van der Waals surface area contributed by atoms with Crippen LogP contribution in [-0.2, 0) is 11.2 Å². The van der Waals surface area contributed by atoms with Crippen LogP contribution in [0, 0.1) is 0 Å². The van der Waals surface area contributed by atoms with Gasteiger partial charge in [-0.2, -0.15) is 0 Å². The molecule has 0 saturated heterocycles. The van der Waals surface area contributed by atoms with Gasteiger partial charge in [0.25, 0.3) is 0 Å². The molecule has 0 aliphatic carbocycles. The van der Waals surface area contributed by atoms with Crippen LogP contribution in [0.25, 0.3) is 0 Å².